The molecular formula is C28H34N5O8P. The Morgan fingerprint density at radius 2 is 2.00 bits per heavy atom. The van der Waals surface area contributed by atoms with Gasteiger partial charge in [-0.05, 0) is 69.9 Å². The van der Waals surface area contributed by atoms with Crippen LogP contribution in [0.15, 0.2) is 54.7 Å². The van der Waals surface area contributed by atoms with E-state index in [9.17, 15) is 24.8 Å². The zero-order chi connectivity index (χ0) is 30.1. The van der Waals surface area contributed by atoms with Crippen LogP contribution < -0.4 is 15.3 Å². The van der Waals surface area contributed by atoms with E-state index < -0.39 is 49.8 Å². The standard InChI is InChI=1S/C28H34N5O8P/c1-18(26(35)39-19-8-6-7-9-19)32-42(37,41-20-10-4-3-5-11-20)38-16-23-25(34)27(2,36)28(17-29,40-23)24-13-12-22-21(30)14-15-31-33(22)24/h3-5,10-15,18-19,23,25,34,36H,6-9,16,30H2,1-2H3,(H,32,37)/t18-,23+,25+,27+,28-,42?/m0/s1. The lowest BCUT2D eigenvalue weighted by Gasteiger charge is -2.33. The van der Waals surface area contributed by atoms with Crippen molar-refractivity contribution in [1.29, 1.82) is 5.26 Å². The molecule has 3 aromatic rings. The van der Waals surface area contributed by atoms with E-state index in [1.807, 2.05) is 6.07 Å². The number of carbonyl (C=O) groups is 1. The summed E-state index contributed by atoms with van der Waals surface area (Å²) in [5, 5.41) is 39.8. The number of anilines is 1. The number of nitrogen functional groups attached to an aromatic ring is 1. The molecule has 5 rings (SSSR count). The molecule has 1 aliphatic carbocycles. The maximum atomic E-state index is 14.0. The summed E-state index contributed by atoms with van der Waals surface area (Å²) in [6.45, 7) is 2.15. The molecular weight excluding hydrogens is 565 g/mol. The van der Waals surface area contributed by atoms with Crippen LogP contribution in [0, 0.1) is 11.3 Å². The van der Waals surface area contributed by atoms with Gasteiger partial charge >= 0.3 is 13.7 Å². The van der Waals surface area contributed by atoms with E-state index in [-0.39, 0.29) is 17.5 Å². The largest absolute Gasteiger partial charge is 0.461 e. The molecule has 6 atom stereocenters. The van der Waals surface area contributed by atoms with Crippen LogP contribution in [0.1, 0.15) is 45.2 Å². The molecule has 3 heterocycles. The molecule has 1 unspecified atom stereocenters. The number of hydrogen-bond acceptors (Lipinski definition) is 11. The van der Waals surface area contributed by atoms with Gasteiger partial charge in [-0.1, -0.05) is 18.2 Å². The van der Waals surface area contributed by atoms with Crippen molar-refractivity contribution >= 4 is 24.9 Å². The molecule has 42 heavy (non-hydrogen) atoms. The highest BCUT2D eigenvalue weighted by Gasteiger charge is 2.65. The zero-order valence-electron chi connectivity index (χ0n) is 23.3. The van der Waals surface area contributed by atoms with Gasteiger partial charge in [0, 0.05) is 6.20 Å². The van der Waals surface area contributed by atoms with Crippen LogP contribution in [0.3, 0.4) is 0 Å². The van der Waals surface area contributed by atoms with Crippen molar-refractivity contribution in [2.45, 2.75) is 75.1 Å². The topological polar surface area (TPSA) is 191 Å². The SMILES string of the molecule is C[C@H](NP(=O)(OC[C@H]1O[C@@](C#N)(c2ccc3c(N)ccnn23)[C@](C)(O)[C@@H]1O)Oc1ccccc1)C(=O)OC1CCCC1. The van der Waals surface area contributed by atoms with E-state index in [0.717, 1.165) is 25.7 Å². The number of benzene rings is 1. The summed E-state index contributed by atoms with van der Waals surface area (Å²) in [6.07, 6.45) is 1.69. The Morgan fingerprint density at radius 1 is 1.29 bits per heavy atom. The molecule has 1 saturated heterocycles. The van der Waals surface area contributed by atoms with E-state index >= 15 is 0 Å². The molecule has 13 nitrogen and oxygen atoms in total. The number of hydrogen-bond donors (Lipinski definition) is 4. The van der Waals surface area contributed by atoms with Gasteiger partial charge in [0.1, 0.15) is 41.8 Å². The first-order valence-electron chi connectivity index (χ1n) is 13.7. The molecule has 2 fully saturated rings. The third kappa shape index (κ3) is 5.49. The summed E-state index contributed by atoms with van der Waals surface area (Å²) in [7, 11) is -4.31. The fourth-order valence-corrected chi connectivity index (χ4v) is 6.87. The van der Waals surface area contributed by atoms with E-state index in [4.69, 9.17) is 24.3 Å². The van der Waals surface area contributed by atoms with E-state index in [0.29, 0.717) is 11.2 Å². The van der Waals surface area contributed by atoms with E-state index in [1.165, 1.54) is 30.6 Å². The Hall–Kier alpha value is -3.50. The number of carbonyl (C=O) groups excluding carboxylic acids is 1. The molecule has 0 amide bonds. The van der Waals surface area contributed by atoms with Gasteiger partial charge in [0.15, 0.2) is 0 Å². The van der Waals surface area contributed by atoms with Crippen molar-refractivity contribution in [3.63, 3.8) is 0 Å². The van der Waals surface area contributed by atoms with Crippen LogP contribution in [0.25, 0.3) is 5.52 Å². The second-order valence-electron chi connectivity index (χ2n) is 10.7. The lowest BCUT2D eigenvalue weighted by atomic mass is 9.80. The molecule has 14 heteroatoms. The monoisotopic (exact) mass is 599 g/mol. The van der Waals surface area contributed by atoms with Crippen molar-refractivity contribution in [1.82, 2.24) is 14.7 Å². The minimum Gasteiger partial charge on any atom is -0.461 e. The number of nitrogens with two attached hydrogens (primary N) is 1. The number of aliphatic hydroxyl groups is 2. The van der Waals surface area contributed by atoms with Crippen molar-refractivity contribution in [3.05, 3.63) is 60.4 Å². The Labute approximate surface area is 242 Å². The first kappa shape index (κ1) is 30.0. The molecule has 1 saturated carbocycles. The Bertz CT molecular complexity index is 1520. The summed E-state index contributed by atoms with van der Waals surface area (Å²) in [4.78, 5) is 12.7. The molecule has 224 valence electrons. The summed E-state index contributed by atoms with van der Waals surface area (Å²) in [6, 6.07) is 13.8. The van der Waals surface area contributed by atoms with E-state index in [1.54, 1.807) is 42.5 Å². The van der Waals surface area contributed by atoms with Crippen molar-refractivity contribution in [3.8, 4) is 11.8 Å². The quantitative estimate of drug-likeness (QED) is 0.197. The van der Waals surface area contributed by atoms with Gasteiger partial charge in [0.2, 0.25) is 5.60 Å². The number of rotatable bonds is 10. The second-order valence-corrected chi connectivity index (χ2v) is 12.4. The summed E-state index contributed by atoms with van der Waals surface area (Å²) < 4.78 is 38.3. The maximum Gasteiger partial charge on any atom is 0.459 e. The fourth-order valence-electron chi connectivity index (χ4n) is 5.37. The molecule has 1 aliphatic heterocycles. The third-order valence-electron chi connectivity index (χ3n) is 7.74. The van der Waals surface area contributed by atoms with Crippen LogP contribution in [0.5, 0.6) is 5.75 Å². The molecule has 0 radical (unpaired) electrons. The number of nitrogens with one attached hydrogen (secondary N) is 1. The van der Waals surface area contributed by atoms with Crippen LogP contribution in [0.4, 0.5) is 5.69 Å². The normalized spacial score (nSPS) is 28.3. The Morgan fingerprint density at radius 3 is 2.69 bits per heavy atom. The van der Waals surface area contributed by atoms with Gasteiger partial charge in [-0.2, -0.15) is 15.4 Å². The number of nitriles is 1. The van der Waals surface area contributed by atoms with Gasteiger partial charge in [-0.25, -0.2) is 9.08 Å². The number of nitrogens with zero attached hydrogens (tertiary/aromatic N) is 3. The number of aromatic nitrogens is 2. The second kappa shape index (κ2) is 11.6. The summed E-state index contributed by atoms with van der Waals surface area (Å²) in [5.41, 5.74) is 2.75. The predicted molar refractivity (Wildman–Crippen MR) is 150 cm³/mol. The molecule has 2 aromatic heterocycles. The van der Waals surface area contributed by atoms with Gasteiger partial charge in [-0.3, -0.25) is 9.32 Å². The highest BCUT2D eigenvalue weighted by Crippen LogP contribution is 2.50. The lowest BCUT2D eigenvalue weighted by molar-refractivity contribution is -0.150. The van der Waals surface area contributed by atoms with Crippen LogP contribution in [0.2, 0.25) is 0 Å². The Balaban J connectivity index is 1.38. The molecule has 2 aliphatic rings. The maximum absolute atomic E-state index is 14.0. The average Bonchev–Trinajstić information content (AvgIpc) is 3.68. The van der Waals surface area contributed by atoms with Crippen molar-refractivity contribution < 1.29 is 38.1 Å². The minimum atomic E-state index is -4.31. The molecule has 0 spiro atoms. The number of fused-ring (bicyclic) bond motifs is 1. The average molecular weight is 600 g/mol. The number of ether oxygens (including phenoxy) is 2. The van der Waals surface area contributed by atoms with E-state index in [2.05, 4.69) is 10.2 Å². The predicted octanol–water partition coefficient (Wildman–Crippen LogP) is 2.81. The van der Waals surface area contributed by atoms with Crippen LogP contribution >= 0.6 is 7.75 Å². The number of esters is 1. The van der Waals surface area contributed by atoms with Gasteiger partial charge in [0.05, 0.1) is 23.5 Å². The van der Waals surface area contributed by atoms with Gasteiger partial charge in [0.25, 0.3) is 0 Å². The van der Waals surface area contributed by atoms with Gasteiger partial charge in [-0.15, -0.1) is 0 Å². The first-order chi connectivity index (χ1) is 20.0. The third-order valence-corrected chi connectivity index (χ3v) is 9.39. The summed E-state index contributed by atoms with van der Waals surface area (Å²) >= 11 is 0. The highest BCUT2D eigenvalue weighted by atomic mass is 31.2. The minimum absolute atomic E-state index is 0.129. The lowest BCUT2D eigenvalue weighted by Crippen LogP contribution is -2.52. The van der Waals surface area contributed by atoms with Crippen molar-refractivity contribution in [2.24, 2.45) is 0 Å². The van der Waals surface area contributed by atoms with Crippen LogP contribution in [-0.2, 0) is 29.0 Å². The van der Waals surface area contributed by atoms with Crippen LogP contribution in [-0.4, -0.2) is 62.4 Å². The number of aliphatic hydroxyl groups excluding tert-OH is 1. The van der Waals surface area contributed by atoms with Crippen molar-refractivity contribution in [2.75, 3.05) is 12.3 Å². The molecule has 0 bridgehead atoms. The molecule has 1 aromatic carbocycles. The smallest absolute Gasteiger partial charge is 0.459 e. The Kier molecular flexibility index (Phi) is 8.31. The molecule has 5 N–H and O–H groups in total. The van der Waals surface area contributed by atoms with Gasteiger partial charge < -0.3 is 29.9 Å². The highest BCUT2D eigenvalue weighted by molar-refractivity contribution is 7.52. The first-order valence-corrected chi connectivity index (χ1v) is 15.2. The fraction of sp³-hybridized carbons (Fsp3) is 0.464. The zero-order valence-corrected chi connectivity index (χ0v) is 24.1. The number of para-hydroxylation sites is 1. The summed E-state index contributed by atoms with van der Waals surface area (Å²) in [5.74, 6) is -0.419.